The van der Waals surface area contributed by atoms with Crippen LogP contribution in [0.25, 0.3) is 0 Å². The van der Waals surface area contributed by atoms with Crippen molar-refractivity contribution < 1.29 is 5.11 Å². The zero-order chi connectivity index (χ0) is 13.9. The second kappa shape index (κ2) is 5.63. The number of aryl methyl sites for hydroxylation is 1. The van der Waals surface area contributed by atoms with Crippen molar-refractivity contribution in [2.75, 3.05) is 11.9 Å². The quantitative estimate of drug-likeness (QED) is 0.875. The topological polar surface area (TPSA) is 56.0 Å². The molecule has 1 aliphatic rings. The van der Waals surface area contributed by atoms with Crippen LogP contribution in [0.4, 0.5) is 5.69 Å². The Morgan fingerprint density at radius 1 is 1.42 bits per heavy atom. The molecule has 102 valence electrons. The van der Waals surface area contributed by atoms with E-state index < -0.39 is 5.60 Å². The van der Waals surface area contributed by atoms with Crippen molar-refractivity contribution in [3.63, 3.8) is 0 Å². The van der Waals surface area contributed by atoms with Gasteiger partial charge in [-0.05, 0) is 50.2 Å². The molecule has 1 aliphatic carbocycles. The molecular weight excluding hydrogens is 236 g/mol. The summed E-state index contributed by atoms with van der Waals surface area (Å²) in [5.74, 6) is 0.716. The molecule has 0 atom stereocenters. The number of nitrogens with zero attached hydrogens (tertiary/aromatic N) is 1. The first-order valence-corrected chi connectivity index (χ1v) is 7.00. The summed E-state index contributed by atoms with van der Waals surface area (Å²) in [7, 11) is 0. The fourth-order valence-electron chi connectivity index (χ4n) is 2.72. The number of benzene rings is 1. The fourth-order valence-corrected chi connectivity index (χ4v) is 2.72. The Kier molecular flexibility index (Phi) is 4.11. The zero-order valence-electron chi connectivity index (χ0n) is 11.7. The second-order valence-electron chi connectivity index (χ2n) is 5.87. The molecule has 1 aromatic rings. The average molecular weight is 258 g/mol. The van der Waals surface area contributed by atoms with Crippen LogP contribution in [0.1, 0.15) is 43.7 Å². The van der Waals surface area contributed by atoms with E-state index in [0.29, 0.717) is 18.0 Å². The number of anilines is 1. The monoisotopic (exact) mass is 258 g/mol. The van der Waals surface area contributed by atoms with Gasteiger partial charge in [0.15, 0.2) is 0 Å². The number of aliphatic hydroxyl groups is 1. The summed E-state index contributed by atoms with van der Waals surface area (Å²) >= 11 is 0. The third-order valence-electron chi connectivity index (χ3n) is 4.19. The third kappa shape index (κ3) is 3.27. The summed E-state index contributed by atoms with van der Waals surface area (Å²) < 4.78 is 0. The Morgan fingerprint density at radius 3 is 2.74 bits per heavy atom. The van der Waals surface area contributed by atoms with Crippen molar-refractivity contribution in [3.8, 4) is 6.07 Å². The van der Waals surface area contributed by atoms with Crippen LogP contribution < -0.4 is 5.32 Å². The zero-order valence-corrected chi connectivity index (χ0v) is 11.7. The van der Waals surface area contributed by atoms with Crippen LogP contribution in [-0.4, -0.2) is 17.3 Å². The third-order valence-corrected chi connectivity index (χ3v) is 4.19. The van der Waals surface area contributed by atoms with Gasteiger partial charge in [-0.1, -0.05) is 19.1 Å². The molecule has 2 N–H and O–H groups in total. The SMILES string of the molecule is Cc1cccc(C#N)c1NCC1(O)CCC(C)CC1. The van der Waals surface area contributed by atoms with Crippen molar-refractivity contribution in [3.05, 3.63) is 29.3 Å². The van der Waals surface area contributed by atoms with Gasteiger partial charge < -0.3 is 10.4 Å². The van der Waals surface area contributed by atoms with Crippen LogP contribution in [0.3, 0.4) is 0 Å². The standard InChI is InChI=1S/C16H22N2O/c1-12-6-8-16(19,9-7-12)11-18-15-13(2)4-3-5-14(15)10-17/h3-5,12,18-19H,6-9,11H2,1-2H3. The van der Waals surface area contributed by atoms with Gasteiger partial charge in [-0.3, -0.25) is 0 Å². The molecule has 0 saturated heterocycles. The van der Waals surface area contributed by atoms with E-state index in [2.05, 4.69) is 18.3 Å². The van der Waals surface area contributed by atoms with Crippen LogP contribution in [-0.2, 0) is 0 Å². The van der Waals surface area contributed by atoms with E-state index in [0.717, 1.165) is 36.9 Å². The Labute approximate surface area is 115 Å². The molecule has 0 aromatic heterocycles. The highest BCUT2D eigenvalue weighted by Crippen LogP contribution is 2.32. The number of rotatable bonds is 3. The Morgan fingerprint density at radius 2 is 2.11 bits per heavy atom. The van der Waals surface area contributed by atoms with Gasteiger partial charge in [-0.15, -0.1) is 0 Å². The van der Waals surface area contributed by atoms with E-state index in [4.69, 9.17) is 5.26 Å². The maximum atomic E-state index is 10.6. The number of nitriles is 1. The lowest BCUT2D eigenvalue weighted by atomic mass is 9.79. The number of para-hydroxylation sites is 1. The lowest BCUT2D eigenvalue weighted by Gasteiger charge is -2.35. The first kappa shape index (κ1) is 13.9. The summed E-state index contributed by atoms with van der Waals surface area (Å²) in [4.78, 5) is 0. The van der Waals surface area contributed by atoms with Gasteiger partial charge in [0.05, 0.1) is 16.9 Å². The molecule has 0 spiro atoms. The van der Waals surface area contributed by atoms with Crippen LogP contribution in [0, 0.1) is 24.2 Å². The van der Waals surface area contributed by atoms with Gasteiger partial charge in [0, 0.05) is 6.54 Å². The highest BCUT2D eigenvalue weighted by atomic mass is 16.3. The summed E-state index contributed by atoms with van der Waals surface area (Å²) in [6.07, 6.45) is 3.85. The largest absolute Gasteiger partial charge is 0.388 e. The lowest BCUT2D eigenvalue weighted by molar-refractivity contribution is 0.00500. The van der Waals surface area contributed by atoms with Crippen molar-refractivity contribution in [1.29, 1.82) is 5.26 Å². The highest BCUT2D eigenvalue weighted by Gasteiger charge is 2.31. The minimum absolute atomic E-state index is 0.527. The first-order chi connectivity index (χ1) is 9.04. The number of hydrogen-bond donors (Lipinski definition) is 2. The highest BCUT2D eigenvalue weighted by molar-refractivity contribution is 5.62. The number of nitrogens with one attached hydrogen (secondary N) is 1. The minimum atomic E-state index is -0.623. The second-order valence-corrected chi connectivity index (χ2v) is 5.87. The predicted molar refractivity (Wildman–Crippen MR) is 77.0 cm³/mol. The van der Waals surface area contributed by atoms with E-state index >= 15 is 0 Å². The van der Waals surface area contributed by atoms with Crippen molar-refractivity contribution in [2.24, 2.45) is 5.92 Å². The predicted octanol–water partition coefficient (Wildman–Crippen LogP) is 3.22. The lowest BCUT2D eigenvalue weighted by Crippen LogP contribution is -2.40. The molecule has 1 aromatic carbocycles. The van der Waals surface area contributed by atoms with Crippen LogP contribution >= 0.6 is 0 Å². The van der Waals surface area contributed by atoms with Crippen molar-refractivity contribution in [2.45, 2.75) is 45.1 Å². The minimum Gasteiger partial charge on any atom is -0.388 e. The summed E-state index contributed by atoms with van der Waals surface area (Å²) in [6, 6.07) is 7.87. The molecular formula is C16H22N2O. The average Bonchev–Trinajstić information content (AvgIpc) is 2.41. The molecule has 3 heteroatoms. The fraction of sp³-hybridized carbons (Fsp3) is 0.562. The Balaban J connectivity index is 2.05. The molecule has 2 rings (SSSR count). The van der Waals surface area contributed by atoms with E-state index in [9.17, 15) is 5.11 Å². The van der Waals surface area contributed by atoms with E-state index in [1.54, 1.807) is 0 Å². The normalized spacial score (nSPS) is 26.7. The molecule has 0 amide bonds. The molecule has 0 bridgehead atoms. The van der Waals surface area contributed by atoms with Gasteiger partial charge in [0.25, 0.3) is 0 Å². The number of hydrogen-bond acceptors (Lipinski definition) is 3. The van der Waals surface area contributed by atoms with Crippen molar-refractivity contribution in [1.82, 2.24) is 0 Å². The van der Waals surface area contributed by atoms with Gasteiger partial charge in [0.2, 0.25) is 0 Å². The van der Waals surface area contributed by atoms with E-state index in [-0.39, 0.29) is 0 Å². The molecule has 0 radical (unpaired) electrons. The van der Waals surface area contributed by atoms with Crippen LogP contribution in [0.5, 0.6) is 0 Å². The van der Waals surface area contributed by atoms with Crippen molar-refractivity contribution >= 4 is 5.69 Å². The Bertz CT molecular complexity index is 482. The molecule has 0 aliphatic heterocycles. The summed E-state index contributed by atoms with van der Waals surface area (Å²) in [5, 5.41) is 23.0. The van der Waals surface area contributed by atoms with Crippen LogP contribution in [0.2, 0.25) is 0 Å². The molecule has 3 nitrogen and oxygen atoms in total. The molecule has 1 fully saturated rings. The summed E-state index contributed by atoms with van der Waals surface area (Å²) in [6.45, 7) is 4.75. The van der Waals surface area contributed by atoms with E-state index in [1.807, 2.05) is 25.1 Å². The molecule has 0 unspecified atom stereocenters. The summed E-state index contributed by atoms with van der Waals surface area (Å²) in [5.41, 5.74) is 1.93. The maximum absolute atomic E-state index is 10.6. The smallest absolute Gasteiger partial charge is 0.101 e. The molecule has 19 heavy (non-hydrogen) atoms. The first-order valence-electron chi connectivity index (χ1n) is 7.00. The van der Waals surface area contributed by atoms with Gasteiger partial charge in [0.1, 0.15) is 6.07 Å². The Hall–Kier alpha value is -1.53. The molecule has 1 saturated carbocycles. The van der Waals surface area contributed by atoms with Gasteiger partial charge in [-0.2, -0.15) is 5.26 Å². The van der Waals surface area contributed by atoms with Gasteiger partial charge >= 0.3 is 0 Å². The maximum Gasteiger partial charge on any atom is 0.101 e. The van der Waals surface area contributed by atoms with Crippen LogP contribution in [0.15, 0.2) is 18.2 Å². The van der Waals surface area contributed by atoms with Gasteiger partial charge in [-0.25, -0.2) is 0 Å². The van der Waals surface area contributed by atoms with E-state index in [1.165, 1.54) is 0 Å². The molecule has 0 heterocycles.